The van der Waals surface area contributed by atoms with E-state index in [-0.39, 0.29) is 5.78 Å². The molecule has 0 saturated heterocycles. The first-order valence-corrected chi connectivity index (χ1v) is 5.28. The lowest BCUT2D eigenvalue weighted by Gasteiger charge is -2.03. The van der Waals surface area contributed by atoms with Gasteiger partial charge in [0.1, 0.15) is 5.75 Å². The molecule has 0 unspecified atom stereocenters. The normalized spacial score (nSPS) is 13.9. The third kappa shape index (κ3) is 1.94. The van der Waals surface area contributed by atoms with Gasteiger partial charge < -0.3 is 4.74 Å². The number of benzene rings is 1. The first kappa shape index (κ1) is 9.97. The summed E-state index contributed by atoms with van der Waals surface area (Å²) >= 11 is 0. The zero-order valence-electron chi connectivity index (χ0n) is 8.82. The molecule has 0 spiro atoms. The van der Waals surface area contributed by atoms with Crippen LogP contribution in [0.4, 0.5) is 0 Å². The van der Waals surface area contributed by atoms with Crippen LogP contribution in [-0.2, 0) is 6.42 Å². The topological polar surface area (TPSA) is 26.3 Å². The summed E-state index contributed by atoms with van der Waals surface area (Å²) in [5, 5.41) is 0. The Morgan fingerprint density at radius 3 is 3.20 bits per heavy atom. The quantitative estimate of drug-likeness (QED) is 0.556. The Balaban J connectivity index is 2.33. The second-order valence-electron chi connectivity index (χ2n) is 3.57. The lowest BCUT2D eigenvalue weighted by Crippen LogP contribution is -1.98. The molecule has 15 heavy (non-hydrogen) atoms. The Hall–Kier alpha value is -1.57. The zero-order valence-corrected chi connectivity index (χ0v) is 8.82. The largest absolute Gasteiger partial charge is 0.492 e. The molecule has 0 aliphatic carbocycles. The predicted molar refractivity (Wildman–Crippen MR) is 59.4 cm³/mol. The van der Waals surface area contributed by atoms with Crippen molar-refractivity contribution in [2.24, 2.45) is 0 Å². The summed E-state index contributed by atoms with van der Waals surface area (Å²) in [6.07, 6.45) is 5.28. The number of carbonyl (C=O) groups is 1. The highest BCUT2D eigenvalue weighted by Crippen LogP contribution is 2.29. The lowest BCUT2D eigenvalue weighted by atomic mass is 10.0. The Bertz CT molecular complexity index is 405. The fourth-order valence-corrected chi connectivity index (χ4v) is 1.72. The molecule has 0 fully saturated rings. The van der Waals surface area contributed by atoms with E-state index in [1.54, 1.807) is 6.08 Å². The summed E-state index contributed by atoms with van der Waals surface area (Å²) in [5.41, 5.74) is 1.83. The van der Waals surface area contributed by atoms with E-state index in [2.05, 4.69) is 0 Å². The minimum absolute atomic E-state index is 0.0376. The van der Waals surface area contributed by atoms with Crippen molar-refractivity contribution in [3.8, 4) is 5.75 Å². The lowest BCUT2D eigenvalue weighted by molar-refractivity contribution is 0.104. The number of ketones is 1. The van der Waals surface area contributed by atoms with Gasteiger partial charge in [-0.25, -0.2) is 0 Å². The molecule has 0 amide bonds. The van der Waals surface area contributed by atoms with Gasteiger partial charge in [0.05, 0.1) is 12.2 Å². The van der Waals surface area contributed by atoms with Crippen LogP contribution in [0.1, 0.15) is 29.3 Å². The van der Waals surface area contributed by atoms with E-state index in [0.717, 1.165) is 24.2 Å². The van der Waals surface area contributed by atoms with Crippen LogP contribution in [0.15, 0.2) is 30.4 Å². The maximum absolute atomic E-state index is 11.8. The molecule has 2 nitrogen and oxygen atoms in total. The molecule has 0 saturated carbocycles. The highest BCUT2D eigenvalue weighted by molar-refractivity contribution is 6.06. The van der Waals surface area contributed by atoms with E-state index < -0.39 is 0 Å². The summed E-state index contributed by atoms with van der Waals surface area (Å²) in [6, 6.07) is 5.76. The maximum Gasteiger partial charge on any atom is 0.189 e. The van der Waals surface area contributed by atoms with Crippen LogP contribution in [0.5, 0.6) is 5.75 Å². The molecule has 78 valence electrons. The van der Waals surface area contributed by atoms with Gasteiger partial charge >= 0.3 is 0 Å². The molecular formula is C13H14O2. The number of para-hydroxylation sites is 1. The highest BCUT2D eigenvalue weighted by Gasteiger charge is 2.18. The van der Waals surface area contributed by atoms with Gasteiger partial charge in [-0.3, -0.25) is 4.79 Å². The molecule has 0 aromatic heterocycles. The molecule has 2 heteroatoms. The van der Waals surface area contributed by atoms with Gasteiger partial charge in [0.2, 0.25) is 0 Å². The number of ether oxygens (including phenoxy) is 1. The monoisotopic (exact) mass is 202 g/mol. The Kier molecular flexibility index (Phi) is 2.86. The average molecular weight is 202 g/mol. The minimum Gasteiger partial charge on any atom is -0.492 e. The summed E-state index contributed by atoms with van der Waals surface area (Å²) in [5.74, 6) is 0.818. The van der Waals surface area contributed by atoms with Crippen molar-refractivity contribution in [2.75, 3.05) is 6.61 Å². The van der Waals surface area contributed by atoms with Crippen LogP contribution in [0.25, 0.3) is 0 Å². The molecule has 2 rings (SSSR count). The van der Waals surface area contributed by atoms with Gasteiger partial charge in [-0.05, 0) is 24.1 Å². The molecular weight excluding hydrogens is 188 g/mol. The van der Waals surface area contributed by atoms with Crippen molar-refractivity contribution >= 4 is 5.78 Å². The van der Waals surface area contributed by atoms with Crippen LogP contribution < -0.4 is 4.74 Å². The number of carbonyl (C=O) groups excluding carboxylic acids is 1. The predicted octanol–water partition coefficient (Wildman–Crippen LogP) is 2.77. The maximum atomic E-state index is 11.8. The molecule has 1 aliphatic rings. The summed E-state index contributed by atoms with van der Waals surface area (Å²) in [7, 11) is 0. The Morgan fingerprint density at radius 2 is 2.40 bits per heavy atom. The van der Waals surface area contributed by atoms with Crippen molar-refractivity contribution in [3.63, 3.8) is 0 Å². The second-order valence-corrected chi connectivity index (χ2v) is 3.57. The van der Waals surface area contributed by atoms with Crippen LogP contribution in [0.3, 0.4) is 0 Å². The number of hydrogen-bond donors (Lipinski definition) is 0. The second kappa shape index (κ2) is 4.30. The van der Waals surface area contributed by atoms with Crippen LogP contribution in [0, 0.1) is 0 Å². The molecule has 1 heterocycles. The van der Waals surface area contributed by atoms with E-state index >= 15 is 0 Å². The van der Waals surface area contributed by atoms with Crippen molar-refractivity contribution < 1.29 is 9.53 Å². The first-order chi connectivity index (χ1) is 7.33. The molecule has 0 bridgehead atoms. The summed E-state index contributed by atoms with van der Waals surface area (Å²) in [4.78, 5) is 11.8. The average Bonchev–Trinajstić information content (AvgIpc) is 2.73. The van der Waals surface area contributed by atoms with E-state index in [9.17, 15) is 4.79 Å². The Morgan fingerprint density at radius 1 is 1.53 bits per heavy atom. The third-order valence-corrected chi connectivity index (χ3v) is 2.48. The molecule has 1 aromatic rings. The van der Waals surface area contributed by atoms with Crippen LogP contribution >= 0.6 is 0 Å². The van der Waals surface area contributed by atoms with Gasteiger partial charge in [0, 0.05) is 6.42 Å². The van der Waals surface area contributed by atoms with Gasteiger partial charge in [0.25, 0.3) is 0 Å². The molecule has 0 radical (unpaired) electrons. The van der Waals surface area contributed by atoms with Crippen LogP contribution in [0.2, 0.25) is 0 Å². The fraction of sp³-hybridized carbons (Fsp3) is 0.308. The zero-order chi connectivity index (χ0) is 10.7. The van der Waals surface area contributed by atoms with Gasteiger partial charge in [-0.1, -0.05) is 25.1 Å². The Labute approximate surface area is 89.6 Å². The van der Waals surface area contributed by atoms with Crippen molar-refractivity contribution in [1.82, 2.24) is 0 Å². The van der Waals surface area contributed by atoms with E-state index in [0.29, 0.717) is 12.2 Å². The number of hydrogen-bond acceptors (Lipinski definition) is 2. The van der Waals surface area contributed by atoms with E-state index in [4.69, 9.17) is 4.74 Å². The SMILES string of the molecule is CC/C=C/C(=O)c1cccc2c1OCC2. The fourth-order valence-electron chi connectivity index (χ4n) is 1.72. The van der Waals surface area contributed by atoms with Gasteiger partial charge in [-0.15, -0.1) is 0 Å². The summed E-state index contributed by atoms with van der Waals surface area (Å²) in [6.45, 7) is 2.70. The van der Waals surface area contributed by atoms with Crippen molar-refractivity contribution in [1.29, 1.82) is 0 Å². The molecule has 1 aliphatic heterocycles. The van der Waals surface area contributed by atoms with Crippen molar-refractivity contribution in [3.05, 3.63) is 41.5 Å². The third-order valence-electron chi connectivity index (χ3n) is 2.48. The standard InChI is InChI=1S/C13H14O2/c1-2-3-7-12(14)11-6-4-5-10-8-9-15-13(10)11/h3-7H,2,8-9H2,1H3/b7-3+. The number of rotatable bonds is 3. The van der Waals surface area contributed by atoms with E-state index in [1.165, 1.54) is 0 Å². The first-order valence-electron chi connectivity index (χ1n) is 5.28. The molecule has 1 aromatic carbocycles. The van der Waals surface area contributed by atoms with Gasteiger partial charge in [0.15, 0.2) is 5.78 Å². The number of allylic oxidation sites excluding steroid dienone is 2. The number of fused-ring (bicyclic) bond motifs is 1. The highest BCUT2D eigenvalue weighted by atomic mass is 16.5. The molecule has 0 atom stereocenters. The van der Waals surface area contributed by atoms with Crippen molar-refractivity contribution in [2.45, 2.75) is 19.8 Å². The molecule has 0 N–H and O–H groups in total. The smallest absolute Gasteiger partial charge is 0.189 e. The minimum atomic E-state index is 0.0376. The van der Waals surface area contributed by atoms with Crippen LogP contribution in [-0.4, -0.2) is 12.4 Å². The van der Waals surface area contributed by atoms with Gasteiger partial charge in [-0.2, -0.15) is 0 Å². The summed E-state index contributed by atoms with van der Waals surface area (Å²) < 4.78 is 5.48. The van der Waals surface area contributed by atoms with E-state index in [1.807, 2.05) is 31.2 Å².